The minimum atomic E-state index is -3.82. The standard InChI is InChI=1S/C32H39N5O3S2/c1-35-14-5-9-30(35)32-34-29(22-41-32)28-21-37(42(38,39)26-7-3-2-4-8-26)31-27(28)19-24(20-33-31)23-10-12-25(13-11-23)36-15-6-17-40-18-16-36/h2-4,7-8,19-23,25,30H,5-6,9-18H2,1H3. The molecule has 222 valence electrons. The van der Waals surface area contributed by atoms with Crippen molar-refractivity contribution in [3.63, 3.8) is 0 Å². The Bertz CT molecular complexity index is 1640. The van der Waals surface area contributed by atoms with Gasteiger partial charge in [0.25, 0.3) is 10.0 Å². The minimum absolute atomic E-state index is 0.253. The van der Waals surface area contributed by atoms with E-state index in [2.05, 4.69) is 28.3 Å². The second-order valence-corrected chi connectivity index (χ2v) is 14.7. The van der Waals surface area contributed by atoms with E-state index in [1.165, 1.54) is 28.8 Å². The molecule has 0 bridgehead atoms. The van der Waals surface area contributed by atoms with Crippen molar-refractivity contribution in [2.24, 2.45) is 0 Å². The molecule has 3 aliphatic rings. The van der Waals surface area contributed by atoms with E-state index in [1.807, 2.05) is 12.3 Å². The Hall–Kier alpha value is -2.63. The Balaban J connectivity index is 1.24. The molecule has 1 unspecified atom stereocenters. The zero-order chi connectivity index (χ0) is 28.7. The molecule has 10 heteroatoms. The van der Waals surface area contributed by atoms with Crippen molar-refractivity contribution >= 4 is 32.4 Å². The van der Waals surface area contributed by atoms with E-state index in [4.69, 9.17) is 14.7 Å². The number of nitrogens with zero attached hydrogens (tertiary/aromatic N) is 5. The Morgan fingerprint density at radius 3 is 2.60 bits per heavy atom. The predicted octanol–water partition coefficient (Wildman–Crippen LogP) is 5.91. The average Bonchev–Trinajstić information content (AvgIpc) is 3.71. The monoisotopic (exact) mass is 605 g/mol. The summed E-state index contributed by atoms with van der Waals surface area (Å²) in [5.74, 6) is 0.418. The van der Waals surface area contributed by atoms with Gasteiger partial charge in [-0.3, -0.25) is 9.80 Å². The van der Waals surface area contributed by atoms with Crippen LogP contribution in [-0.4, -0.2) is 78.1 Å². The summed E-state index contributed by atoms with van der Waals surface area (Å²) < 4.78 is 34.7. The van der Waals surface area contributed by atoms with Gasteiger partial charge in [-0.15, -0.1) is 11.3 Å². The molecular weight excluding hydrogens is 567 g/mol. The molecule has 42 heavy (non-hydrogen) atoms. The largest absolute Gasteiger partial charge is 0.380 e. The van der Waals surface area contributed by atoms with Crippen LogP contribution in [0.5, 0.6) is 0 Å². The number of rotatable bonds is 6. The maximum Gasteiger partial charge on any atom is 0.269 e. The summed E-state index contributed by atoms with van der Waals surface area (Å²) >= 11 is 1.67. The first-order chi connectivity index (χ1) is 20.5. The van der Waals surface area contributed by atoms with E-state index in [9.17, 15) is 8.42 Å². The molecule has 3 fully saturated rings. The van der Waals surface area contributed by atoms with E-state index >= 15 is 0 Å². The van der Waals surface area contributed by atoms with Crippen LogP contribution in [0.3, 0.4) is 0 Å². The van der Waals surface area contributed by atoms with E-state index in [-0.39, 0.29) is 4.90 Å². The molecule has 2 aliphatic heterocycles. The maximum absolute atomic E-state index is 13.8. The first-order valence-corrected chi connectivity index (χ1v) is 17.6. The van der Waals surface area contributed by atoms with Crippen molar-refractivity contribution in [2.75, 3.05) is 39.9 Å². The highest BCUT2D eigenvalue weighted by molar-refractivity contribution is 7.90. The summed E-state index contributed by atoms with van der Waals surface area (Å²) in [4.78, 5) is 15.1. The lowest BCUT2D eigenvalue weighted by molar-refractivity contribution is 0.118. The second-order valence-electron chi connectivity index (χ2n) is 12.0. The third-order valence-electron chi connectivity index (χ3n) is 9.48. The van der Waals surface area contributed by atoms with Crippen molar-refractivity contribution in [1.29, 1.82) is 0 Å². The highest BCUT2D eigenvalue weighted by atomic mass is 32.2. The highest BCUT2D eigenvalue weighted by Gasteiger charge is 2.30. The SMILES string of the molecule is CN1CCCC1c1nc(-c2cn(S(=O)(=O)c3ccccc3)c3ncc(C4CCC(N5CCCOCC5)CC4)cc23)cs1. The minimum Gasteiger partial charge on any atom is -0.380 e. The highest BCUT2D eigenvalue weighted by Crippen LogP contribution is 2.40. The molecule has 1 aromatic carbocycles. The van der Waals surface area contributed by atoms with Gasteiger partial charge in [-0.1, -0.05) is 18.2 Å². The molecule has 1 aliphatic carbocycles. The van der Waals surface area contributed by atoms with Gasteiger partial charge in [0, 0.05) is 54.5 Å². The number of benzene rings is 1. The molecule has 4 aromatic rings. The fraction of sp³-hybridized carbons (Fsp3) is 0.500. The fourth-order valence-electron chi connectivity index (χ4n) is 7.10. The predicted molar refractivity (Wildman–Crippen MR) is 166 cm³/mol. The molecule has 1 atom stereocenters. The molecule has 3 aromatic heterocycles. The molecule has 8 nitrogen and oxygen atoms in total. The first kappa shape index (κ1) is 28.2. The van der Waals surface area contributed by atoms with Crippen LogP contribution in [-0.2, 0) is 14.8 Å². The van der Waals surface area contributed by atoms with Crippen molar-refractivity contribution in [3.05, 3.63) is 64.7 Å². The number of thiazole rings is 1. The van der Waals surface area contributed by atoms with Crippen molar-refractivity contribution in [3.8, 4) is 11.3 Å². The molecule has 0 N–H and O–H groups in total. The fourth-order valence-corrected chi connectivity index (χ4v) is 9.47. The zero-order valence-corrected chi connectivity index (χ0v) is 25.8. The van der Waals surface area contributed by atoms with Crippen LogP contribution < -0.4 is 0 Å². The van der Waals surface area contributed by atoms with Gasteiger partial charge < -0.3 is 4.74 Å². The van der Waals surface area contributed by atoms with Gasteiger partial charge in [-0.25, -0.2) is 22.4 Å². The molecular formula is C32H39N5O3S2. The van der Waals surface area contributed by atoms with Crippen LogP contribution in [0.1, 0.15) is 67.5 Å². The van der Waals surface area contributed by atoms with Crippen molar-refractivity contribution < 1.29 is 13.2 Å². The maximum atomic E-state index is 13.8. The summed E-state index contributed by atoms with van der Waals surface area (Å²) in [6.45, 7) is 4.94. The molecule has 7 rings (SSSR count). The van der Waals surface area contributed by atoms with Gasteiger partial charge in [0.05, 0.1) is 23.2 Å². The lowest BCUT2D eigenvalue weighted by atomic mass is 9.81. The van der Waals surface area contributed by atoms with Crippen LogP contribution in [0.15, 0.2) is 59.1 Å². The van der Waals surface area contributed by atoms with E-state index in [0.29, 0.717) is 23.6 Å². The van der Waals surface area contributed by atoms with Gasteiger partial charge in [0.2, 0.25) is 0 Å². The Labute approximate surface area is 252 Å². The number of fused-ring (bicyclic) bond motifs is 1. The Kier molecular flexibility index (Phi) is 7.92. The quantitative estimate of drug-likeness (QED) is 0.270. The third-order valence-corrected chi connectivity index (χ3v) is 12.1. The summed E-state index contributed by atoms with van der Waals surface area (Å²) in [5.41, 5.74) is 3.32. The molecule has 2 saturated heterocycles. The zero-order valence-electron chi connectivity index (χ0n) is 24.2. The number of hydrogen-bond donors (Lipinski definition) is 0. The van der Waals surface area contributed by atoms with Crippen LogP contribution in [0.2, 0.25) is 0 Å². The average molecular weight is 606 g/mol. The van der Waals surface area contributed by atoms with Gasteiger partial charge >= 0.3 is 0 Å². The van der Waals surface area contributed by atoms with Gasteiger partial charge in [-0.2, -0.15) is 0 Å². The van der Waals surface area contributed by atoms with Crippen molar-refractivity contribution in [1.82, 2.24) is 23.7 Å². The van der Waals surface area contributed by atoms with E-state index in [0.717, 1.165) is 80.2 Å². The summed E-state index contributed by atoms with van der Waals surface area (Å²) in [5, 5.41) is 4.03. The molecule has 5 heterocycles. The molecule has 0 spiro atoms. The Morgan fingerprint density at radius 1 is 0.976 bits per heavy atom. The van der Waals surface area contributed by atoms with Crippen molar-refractivity contribution in [2.45, 2.75) is 67.8 Å². The van der Waals surface area contributed by atoms with E-state index in [1.54, 1.807) is 41.8 Å². The number of hydrogen-bond acceptors (Lipinski definition) is 8. The first-order valence-electron chi connectivity index (χ1n) is 15.3. The molecule has 0 amide bonds. The summed E-state index contributed by atoms with van der Waals surface area (Å²) in [7, 11) is -1.67. The van der Waals surface area contributed by atoms with Crippen LogP contribution >= 0.6 is 11.3 Å². The lowest BCUT2D eigenvalue weighted by Crippen LogP contribution is -2.39. The number of pyridine rings is 1. The van der Waals surface area contributed by atoms with Gasteiger partial charge in [0.15, 0.2) is 5.65 Å². The third kappa shape index (κ3) is 5.32. The van der Waals surface area contributed by atoms with Crippen LogP contribution in [0.25, 0.3) is 22.3 Å². The number of ether oxygens (including phenoxy) is 1. The summed E-state index contributed by atoms with van der Waals surface area (Å²) in [6.07, 6.45) is 11.6. The van der Waals surface area contributed by atoms with Crippen LogP contribution in [0, 0.1) is 0 Å². The topological polar surface area (TPSA) is 80.6 Å². The smallest absolute Gasteiger partial charge is 0.269 e. The number of likely N-dealkylation sites (tertiary alicyclic amines) is 1. The number of aromatic nitrogens is 3. The van der Waals surface area contributed by atoms with Gasteiger partial charge in [0.1, 0.15) is 5.01 Å². The second kappa shape index (κ2) is 11.8. The molecule has 1 saturated carbocycles. The molecule has 0 radical (unpaired) electrons. The van der Waals surface area contributed by atoms with Gasteiger partial charge in [-0.05, 0) is 88.2 Å². The normalized spacial score (nSPS) is 24.7. The summed E-state index contributed by atoms with van der Waals surface area (Å²) in [6, 6.07) is 11.8. The van der Waals surface area contributed by atoms with Crippen LogP contribution in [0.4, 0.5) is 0 Å². The lowest BCUT2D eigenvalue weighted by Gasteiger charge is -2.36. The van der Waals surface area contributed by atoms with E-state index < -0.39 is 10.0 Å². The Morgan fingerprint density at radius 2 is 1.81 bits per heavy atom.